The van der Waals surface area contributed by atoms with Gasteiger partial charge in [0.1, 0.15) is 0 Å². The van der Waals surface area contributed by atoms with Crippen LogP contribution in [0.15, 0.2) is 0 Å². The van der Waals surface area contributed by atoms with Crippen LogP contribution in [0.4, 0.5) is 4.79 Å². The Balaban J connectivity index is 3.26. The zero-order valence-electron chi connectivity index (χ0n) is 3.18. The second kappa shape index (κ2) is 2.31. The zero-order valence-corrected chi connectivity index (χ0v) is 4.83. The quantitative estimate of drug-likeness (QED) is 0.380. The van der Waals surface area contributed by atoms with E-state index in [0.29, 0.717) is 0 Å². The third-order valence-corrected chi connectivity index (χ3v) is 0.835. The maximum absolute atomic E-state index is 9.80. The van der Waals surface area contributed by atoms with Crippen LogP contribution < -0.4 is 0 Å². The van der Waals surface area contributed by atoms with Gasteiger partial charge >= 0.3 is 0 Å². The number of amides is 1. The third-order valence-electron chi connectivity index (χ3n) is 0.264. The highest BCUT2D eigenvalue weighted by molar-refractivity contribution is 7.96. The first-order valence-electron chi connectivity index (χ1n) is 1.27. The summed E-state index contributed by atoms with van der Waals surface area (Å²) in [4.78, 5) is 9.80. The maximum atomic E-state index is 9.80. The second-order valence-corrected chi connectivity index (χ2v) is 1.65. The third kappa shape index (κ3) is 2.35. The van der Waals surface area contributed by atoms with Gasteiger partial charge in [0.05, 0.1) is 0 Å². The Labute approximate surface area is 46.6 Å². The minimum absolute atomic E-state index is 0.448. The smallest absolute Gasteiger partial charge is 0.261 e. The van der Waals surface area contributed by atoms with Crippen LogP contribution in [-0.4, -0.2) is 16.7 Å². The zero-order chi connectivity index (χ0) is 5.15. The van der Waals surface area contributed by atoms with Gasteiger partial charge in [-0.3, -0.25) is 4.79 Å². The van der Waals surface area contributed by atoms with Crippen LogP contribution in [0.3, 0.4) is 0 Å². The molecule has 0 aliphatic heterocycles. The number of carbonyl (C=O) groups excluding carboxylic acids is 1. The van der Waals surface area contributed by atoms with E-state index in [1.54, 1.807) is 0 Å². The van der Waals surface area contributed by atoms with Gasteiger partial charge in [-0.1, -0.05) is 12.6 Å². The van der Waals surface area contributed by atoms with Crippen LogP contribution in [0.1, 0.15) is 0 Å². The van der Waals surface area contributed by atoms with Gasteiger partial charge in [0.15, 0.2) is 0 Å². The topological polar surface area (TPSA) is 20.3 Å². The number of hydrogen-bond donors (Lipinski definition) is 1. The number of rotatable bonds is 0. The monoisotopic (exact) mass is 125 g/mol. The summed E-state index contributed by atoms with van der Waals surface area (Å²) in [5, 5.41) is -0.448. The van der Waals surface area contributed by atoms with E-state index < -0.39 is 5.24 Å². The summed E-state index contributed by atoms with van der Waals surface area (Å²) in [6.45, 7) is 0. The largest absolute Gasteiger partial charge is 0.292 e. The normalized spacial score (nSPS) is 7.83. The molecule has 36 valence electrons. The first kappa shape index (κ1) is 6.11. The highest BCUT2D eigenvalue weighted by atomic mass is 35.5. The van der Waals surface area contributed by atoms with E-state index in [-0.39, 0.29) is 0 Å². The fraction of sp³-hybridized carbons (Fsp3) is 0.500. The summed E-state index contributed by atoms with van der Waals surface area (Å²) >= 11 is 8.37. The van der Waals surface area contributed by atoms with Crippen LogP contribution in [0.25, 0.3) is 0 Å². The van der Waals surface area contributed by atoms with E-state index in [1.807, 2.05) is 0 Å². The van der Waals surface area contributed by atoms with Crippen molar-refractivity contribution in [3.63, 3.8) is 0 Å². The second-order valence-electron chi connectivity index (χ2n) is 0.760. The Bertz CT molecular complexity index is 64.6. The summed E-state index contributed by atoms with van der Waals surface area (Å²) < 4.78 is 0.864. The van der Waals surface area contributed by atoms with Crippen molar-refractivity contribution in [2.75, 3.05) is 7.05 Å². The average molecular weight is 126 g/mol. The molecule has 0 aliphatic rings. The first-order valence-corrected chi connectivity index (χ1v) is 2.05. The molecule has 2 nitrogen and oxygen atoms in total. The predicted octanol–water partition coefficient (Wildman–Crippen LogP) is 1.12. The van der Waals surface area contributed by atoms with Crippen molar-refractivity contribution in [1.29, 1.82) is 0 Å². The van der Waals surface area contributed by atoms with Gasteiger partial charge < -0.3 is 0 Å². The van der Waals surface area contributed by atoms with Gasteiger partial charge in [0.2, 0.25) is 0 Å². The summed E-state index contributed by atoms with van der Waals surface area (Å²) in [7, 11) is 1.41. The molecule has 0 aromatic heterocycles. The molecule has 1 amide bonds. The predicted molar refractivity (Wildman–Crippen MR) is 28.0 cm³/mol. The van der Waals surface area contributed by atoms with E-state index >= 15 is 0 Å². The van der Waals surface area contributed by atoms with Crippen molar-refractivity contribution in [2.45, 2.75) is 0 Å². The average Bonchev–Trinajstić information content (AvgIpc) is 1.36. The molecule has 6 heavy (non-hydrogen) atoms. The van der Waals surface area contributed by atoms with Crippen molar-refractivity contribution in [1.82, 2.24) is 4.42 Å². The van der Waals surface area contributed by atoms with Gasteiger partial charge in [-0.05, 0) is 0 Å². The Morgan fingerprint density at radius 1 is 2.00 bits per heavy atom. The molecule has 0 spiro atoms. The fourth-order valence-corrected chi connectivity index (χ4v) is 0. The van der Waals surface area contributed by atoms with E-state index in [2.05, 4.69) is 12.6 Å². The SMILES string of the molecule is CN(Cl)C(=O)S. The van der Waals surface area contributed by atoms with Gasteiger partial charge in [-0.25, -0.2) is 4.42 Å². The minimum atomic E-state index is -0.448. The molecule has 0 fully saturated rings. The number of thiol groups is 1. The van der Waals surface area contributed by atoms with Crippen molar-refractivity contribution >= 4 is 29.6 Å². The van der Waals surface area contributed by atoms with Crippen LogP contribution >= 0.6 is 24.4 Å². The molecular formula is C2H4ClNOS. The molecule has 0 heterocycles. The molecule has 4 heteroatoms. The molecule has 0 unspecified atom stereocenters. The summed E-state index contributed by atoms with van der Waals surface area (Å²) in [5.41, 5.74) is 0. The van der Waals surface area contributed by atoms with Crippen molar-refractivity contribution in [2.24, 2.45) is 0 Å². The van der Waals surface area contributed by atoms with E-state index in [0.717, 1.165) is 4.42 Å². The number of nitrogens with zero attached hydrogens (tertiary/aromatic N) is 1. The highest BCUT2D eigenvalue weighted by Crippen LogP contribution is 1.92. The minimum Gasteiger partial charge on any atom is -0.261 e. The molecule has 0 N–H and O–H groups in total. The molecule has 0 aromatic carbocycles. The Kier molecular flexibility index (Phi) is 2.35. The summed E-state index contributed by atoms with van der Waals surface area (Å²) in [5.74, 6) is 0. The van der Waals surface area contributed by atoms with Crippen molar-refractivity contribution in [3.8, 4) is 0 Å². The highest BCUT2D eigenvalue weighted by Gasteiger charge is 1.92. The standard InChI is InChI=1S/C2H4ClNOS/c1-4(3)2(5)6/h1H3,(H,5,6). The van der Waals surface area contributed by atoms with E-state index in [4.69, 9.17) is 11.8 Å². The van der Waals surface area contributed by atoms with Gasteiger partial charge in [0, 0.05) is 18.8 Å². The Hall–Kier alpha value is 0.110. The first-order chi connectivity index (χ1) is 2.64. The van der Waals surface area contributed by atoms with E-state index in [9.17, 15) is 4.79 Å². The van der Waals surface area contributed by atoms with Gasteiger partial charge in [-0.15, -0.1) is 0 Å². The Morgan fingerprint density at radius 2 is 2.17 bits per heavy atom. The van der Waals surface area contributed by atoms with Crippen molar-refractivity contribution < 1.29 is 4.79 Å². The molecule has 0 radical (unpaired) electrons. The maximum Gasteiger partial charge on any atom is 0.292 e. The van der Waals surface area contributed by atoms with Crippen molar-refractivity contribution in [3.05, 3.63) is 0 Å². The van der Waals surface area contributed by atoms with Gasteiger partial charge in [-0.2, -0.15) is 0 Å². The molecule has 0 aromatic rings. The fourth-order valence-electron chi connectivity index (χ4n) is 0. The lowest BCUT2D eigenvalue weighted by Gasteiger charge is -1.96. The van der Waals surface area contributed by atoms with E-state index in [1.165, 1.54) is 7.05 Å². The lowest BCUT2D eigenvalue weighted by molar-refractivity contribution is 0.251. The molecule has 0 saturated heterocycles. The van der Waals surface area contributed by atoms with Crippen LogP contribution in [-0.2, 0) is 0 Å². The lowest BCUT2D eigenvalue weighted by atomic mass is 11.2. The molecule has 0 saturated carbocycles. The molecule has 0 atom stereocenters. The lowest BCUT2D eigenvalue weighted by Crippen LogP contribution is -2.05. The number of hydrogen-bond acceptors (Lipinski definition) is 1. The molecule has 0 bridgehead atoms. The molecule has 0 rings (SSSR count). The van der Waals surface area contributed by atoms with Crippen LogP contribution in [0.2, 0.25) is 0 Å². The summed E-state index contributed by atoms with van der Waals surface area (Å²) in [6.07, 6.45) is 0. The Morgan fingerprint density at radius 3 is 2.17 bits per heavy atom. The molecular weight excluding hydrogens is 122 g/mol. The number of carbonyl (C=O) groups is 1. The van der Waals surface area contributed by atoms with Crippen LogP contribution in [0.5, 0.6) is 0 Å². The number of halogens is 1. The van der Waals surface area contributed by atoms with Crippen LogP contribution in [0, 0.1) is 0 Å². The van der Waals surface area contributed by atoms with Gasteiger partial charge in [0.25, 0.3) is 5.24 Å². The summed E-state index contributed by atoms with van der Waals surface area (Å²) in [6, 6.07) is 0. The molecule has 0 aliphatic carbocycles.